The van der Waals surface area contributed by atoms with E-state index in [0.717, 1.165) is 24.0 Å². The summed E-state index contributed by atoms with van der Waals surface area (Å²) in [4.78, 5) is 10.6. The number of benzene rings is 2. The van der Waals surface area contributed by atoms with E-state index < -0.39 is 11.6 Å². The fourth-order valence-electron chi connectivity index (χ4n) is 1.52. The maximum absolute atomic E-state index is 13.0. The lowest BCUT2D eigenvalue weighted by molar-refractivity contribution is 0.112. The van der Waals surface area contributed by atoms with E-state index in [1.165, 1.54) is 6.07 Å². The molecule has 2 rings (SSSR count). The lowest BCUT2D eigenvalue weighted by atomic mass is 10.1. The molecule has 92 valence electrons. The van der Waals surface area contributed by atoms with Crippen LogP contribution < -0.4 is 4.74 Å². The molecule has 0 heterocycles. The average molecular weight is 248 g/mol. The van der Waals surface area contributed by atoms with Gasteiger partial charge >= 0.3 is 0 Å². The standard InChI is InChI=1S/C14H10F2O2/c1-9-6-11(3-2-10(9)8-17)18-12-4-5-13(15)14(16)7-12/h2-8H,1H3. The third kappa shape index (κ3) is 2.53. The van der Waals surface area contributed by atoms with Crippen LogP contribution in [0.5, 0.6) is 11.5 Å². The summed E-state index contributed by atoms with van der Waals surface area (Å²) in [5.74, 6) is -1.22. The molecule has 18 heavy (non-hydrogen) atoms. The van der Waals surface area contributed by atoms with E-state index in [4.69, 9.17) is 4.74 Å². The minimum atomic E-state index is -0.964. The molecule has 2 aromatic carbocycles. The van der Waals surface area contributed by atoms with Crippen LogP contribution in [0.2, 0.25) is 0 Å². The van der Waals surface area contributed by atoms with Gasteiger partial charge in [-0.2, -0.15) is 0 Å². The van der Waals surface area contributed by atoms with E-state index in [1.807, 2.05) is 0 Å². The van der Waals surface area contributed by atoms with Crippen molar-refractivity contribution in [3.8, 4) is 11.5 Å². The van der Waals surface area contributed by atoms with Crippen LogP contribution in [0.3, 0.4) is 0 Å². The fraction of sp³-hybridized carbons (Fsp3) is 0.0714. The molecule has 2 aromatic rings. The van der Waals surface area contributed by atoms with Gasteiger partial charge in [-0.25, -0.2) is 8.78 Å². The lowest BCUT2D eigenvalue weighted by Crippen LogP contribution is -1.91. The predicted molar refractivity (Wildman–Crippen MR) is 63.0 cm³/mol. The Morgan fingerprint density at radius 1 is 1.00 bits per heavy atom. The molecule has 0 unspecified atom stereocenters. The molecule has 0 aliphatic heterocycles. The molecule has 0 aliphatic rings. The van der Waals surface area contributed by atoms with Crippen molar-refractivity contribution in [1.82, 2.24) is 0 Å². The van der Waals surface area contributed by atoms with Gasteiger partial charge in [-0.05, 0) is 42.8 Å². The largest absolute Gasteiger partial charge is 0.457 e. The van der Waals surface area contributed by atoms with Gasteiger partial charge in [-0.3, -0.25) is 4.79 Å². The van der Waals surface area contributed by atoms with Crippen molar-refractivity contribution < 1.29 is 18.3 Å². The van der Waals surface area contributed by atoms with Crippen LogP contribution in [-0.4, -0.2) is 6.29 Å². The number of hydrogen-bond donors (Lipinski definition) is 0. The highest BCUT2D eigenvalue weighted by molar-refractivity contribution is 5.77. The SMILES string of the molecule is Cc1cc(Oc2ccc(F)c(F)c2)ccc1C=O. The highest BCUT2D eigenvalue weighted by Crippen LogP contribution is 2.24. The third-order valence-corrected chi connectivity index (χ3v) is 2.50. The number of ether oxygens (including phenoxy) is 1. The summed E-state index contributed by atoms with van der Waals surface area (Å²) in [7, 11) is 0. The van der Waals surface area contributed by atoms with Gasteiger partial charge in [0.05, 0.1) is 0 Å². The zero-order chi connectivity index (χ0) is 13.1. The molecule has 0 saturated carbocycles. The van der Waals surface area contributed by atoms with Crippen molar-refractivity contribution in [1.29, 1.82) is 0 Å². The number of halogens is 2. The summed E-state index contributed by atoms with van der Waals surface area (Å²) in [5, 5.41) is 0. The summed E-state index contributed by atoms with van der Waals surface area (Å²) < 4.78 is 31.1. The normalized spacial score (nSPS) is 10.2. The monoisotopic (exact) mass is 248 g/mol. The maximum atomic E-state index is 13.0. The molecule has 0 aromatic heterocycles. The molecule has 0 N–H and O–H groups in total. The molecule has 0 spiro atoms. The van der Waals surface area contributed by atoms with Gasteiger partial charge in [0.15, 0.2) is 11.6 Å². The van der Waals surface area contributed by atoms with Gasteiger partial charge in [-0.15, -0.1) is 0 Å². The van der Waals surface area contributed by atoms with Crippen LogP contribution in [0.15, 0.2) is 36.4 Å². The quantitative estimate of drug-likeness (QED) is 0.770. The molecule has 0 saturated heterocycles. The number of aldehydes is 1. The Balaban J connectivity index is 2.25. The predicted octanol–water partition coefficient (Wildman–Crippen LogP) is 3.88. The Bertz CT molecular complexity index is 594. The van der Waals surface area contributed by atoms with Crippen LogP contribution in [0, 0.1) is 18.6 Å². The van der Waals surface area contributed by atoms with Crippen molar-refractivity contribution in [2.24, 2.45) is 0 Å². The van der Waals surface area contributed by atoms with E-state index in [9.17, 15) is 13.6 Å². The molecular formula is C14H10F2O2. The van der Waals surface area contributed by atoms with Gasteiger partial charge in [0, 0.05) is 11.6 Å². The van der Waals surface area contributed by atoms with Gasteiger partial charge in [-0.1, -0.05) is 0 Å². The van der Waals surface area contributed by atoms with E-state index in [-0.39, 0.29) is 5.75 Å². The van der Waals surface area contributed by atoms with Crippen LogP contribution >= 0.6 is 0 Å². The van der Waals surface area contributed by atoms with Crippen molar-refractivity contribution in [2.75, 3.05) is 0 Å². The van der Waals surface area contributed by atoms with Crippen molar-refractivity contribution in [3.63, 3.8) is 0 Å². The number of aryl methyl sites for hydroxylation is 1. The first-order chi connectivity index (χ1) is 8.60. The van der Waals surface area contributed by atoms with E-state index in [1.54, 1.807) is 25.1 Å². The molecule has 0 amide bonds. The summed E-state index contributed by atoms with van der Waals surface area (Å²) >= 11 is 0. The average Bonchev–Trinajstić information content (AvgIpc) is 2.34. The van der Waals surface area contributed by atoms with E-state index >= 15 is 0 Å². The van der Waals surface area contributed by atoms with E-state index in [2.05, 4.69) is 0 Å². The van der Waals surface area contributed by atoms with Crippen LogP contribution in [0.4, 0.5) is 8.78 Å². The van der Waals surface area contributed by atoms with Crippen LogP contribution in [-0.2, 0) is 0 Å². The summed E-state index contributed by atoms with van der Waals surface area (Å²) in [5.41, 5.74) is 1.32. The Morgan fingerprint density at radius 3 is 2.28 bits per heavy atom. The Labute approximate surface area is 103 Å². The smallest absolute Gasteiger partial charge is 0.162 e. The Hall–Kier alpha value is -2.23. The van der Waals surface area contributed by atoms with Crippen molar-refractivity contribution in [2.45, 2.75) is 6.92 Å². The molecule has 0 aliphatic carbocycles. The first-order valence-corrected chi connectivity index (χ1v) is 5.29. The fourth-order valence-corrected chi connectivity index (χ4v) is 1.52. The molecular weight excluding hydrogens is 238 g/mol. The number of rotatable bonds is 3. The second-order valence-electron chi connectivity index (χ2n) is 3.81. The topological polar surface area (TPSA) is 26.3 Å². The first-order valence-electron chi connectivity index (χ1n) is 5.29. The van der Waals surface area contributed by atoms with Gasteiger partial charge in [0.25, 0.3) is 0 Å². The zero-order valence-electron chi connectivity index (χ0n) is 9.61. The van der Waals surface area contributed by atoms with Crippen LogP contribution in [0.25, 0.3) is 0 Å². The van der Waals surface area contributed by atoms with Gasteiger partial charge in [0.1, 0.15) is 17.8 Å². The van der Waals surface area contributed by atoms with Gasteiger partial charge in [0.2, 0.25) is 0 Å². The Kier molecular flexibility index (Phi) is 3.37. The number of hydrogen-bond acceptors (Lipinski definition) is 2. The third-order valence-electron chi connectivity index (χ3n) is 2.50. The minimum Gasteiger partial charge on any atom is -0.457 e. The maximum Gasteiger partial charge on any atom is 0.162 e. The number of carbonyl (C=O) groups is 1. The summed E-state index contributed by atoms with van der Waals surface area (Å²) in [6.45, 7) is 1.77. The highest BCUT2D eigenvalue weighted by Gasteiger charge is 2.05. The second-order valence-corrected chi connectivity index (χ2v) is 3.81. The number of carbonyl (C=O) groups excluding carboxylic acids is 1. The van der Waals surface area contributed by atoms with Gasteiger partial charge < -0.3 is 4.74 Å². The van der Waals surface area contributed by atoms with Crippen molar-refractivity contribution >= 4 is 6.29 Å². The summed E-state index contributed by atoms with van der Waals surface area (Å²) in [6.07, 6.45) is 0.747. The second kappa shape index (κ2) is 4.96. The molecule has 0 fully saturated rings. The summed E-state index contributed by atoms with van der Waals surface area (Å²) in [6, 6.07) is 8.16. The molecule has 4 heteroatoms. The highest BCUT2D eigenvalue weighted by atomic mass is 19.2. The molecule has 0 bridgehead atoms. The molecule has 0 atom stereocenters. The minimum absolute atomic E-state index is 0.201. The van der Waals surface area contributed by atoms with Crippen molar-refractivity contribution in [3.05, 3.63) is 59.2 Å². The lowest BCUT2D eigenvalue weighted by Gasteiger charge is -2.07. The zero-order valence-corrected chi connectivity index (χ0v) is 9.61. The molecule has 0 radical (unpaired) electrons. The van der Waals surface area contributed by atoms with E-state index in [0.29, 0.717) is 11.3 Å². The first kappa shape index (κ1) is 12.2. The Morgan fingerprint density at radius 2 is 1.67 bits per heavy atom. The molecule has 2 nitrogen and oxygen atoms in total. The van der Waals surface area contributed by atoms with Crippen LogP contribution in [0.1, 0.15) is 15.9 Å².